The highest BCUT2D eigenvalue weighted by atomic mass is 16.5. The molecular weight excluding hydrogens is 294 g/mol. The van der Waals surface area contributed by atoms with E-state index in [1.165, 1.54) is 0 Å². The van der Waals surface area contributed by atoms with Crippen LogP contribution in [-0.4, -0.2) is 28.4 Å². The van der Waals surface area contributed by atoms with Crippen molar-refractivity contribution in [1.82, 2.24) is 15.8 Å². The Bertz CT molecular complexity index is 667. The van der Waals surface area contributed by atoms with Gasteiger partial charge in [-0.05, 0) is 25.7 Å². The molecule has 1 aromatic carbocycles. The molecule has 3 N–H and O–H groups in total. The summed E-state index contributed by atoms with van der Waals surface area (Å²) in [6.45, 7) is 2.08. The van der Waals surface area contributed by atoms with Gasteiger partial charge in [0.2, 0.25) is 0 Å². The van der Waals surface area contributed by atoms with Crippen LogP contribution in [0.15, 0.2) is 40.9 Å². The van der Waals surface area contributed by atoms with Crippen molar-refractivity contribution in [3.05, 3.63) is 42.1 Å². The third-order valence-electron chi connectivity index (χ3n) is 4.25. The number of aromatic nitrogens is 1. The van der Waals surface area contributed by atoms with Crippen LogP contribution in [0.2, 0.25) is 0 Å². The topological polar surface area (TPSA) is 87.4 Å². The van der Waals surface area contributed by atoms with E-state index in [0.29, 0.717) is 17.4 Å². The summed E-state index contributed by atoms with van der Waals surface area (Å²) in [6, 6.07) is 11.2. The molecule has 1 saturated carbocycles. The van der Waals surface area contributed by atoms with Crippen molar-refractivity contribution in [1.29, 1.82) is 0 Å². The summed E-state index contributed by atoms with van der Waals surface area (Å²) in [5.41, 5.74) is 1.04. The summed E-state index contributed by atoms with van der Waals surface area (Å²) in [7, 11) is 0. The molecule has 122 valence electrons. The molecule has 2 amide bonds. The lowest BCUT2D eigenvalue weighted by Crippen LogP contribution is -2.53. The quantitative estimate of drug-likeness (QED) is 0.763. The number of hydrogen-bond donors (Lipinski definition) is 3. The zero-order valence-corrected chi connectivity index (χ0v) is 13.1. The monoisotopic (exact) mass is 315 g/mol. The Labute approximate surface area is 134 Å². The Morgan fingerprint density at radius 2 is 2.13 bits per heavy atom. The number of nitrogens with zero attached hydrogens (tertiary/aromatic N) is 1. The first-order valence-electron chi connectivity index (χ1n) is 7.78. The Balaban J connectivity index is 1.54. The molecule has 0 aliphatic heterocycles. The first-order chi connectivity index (χ1) is 11.1. The highest BCUT2D eigenvalue weighted by Gasteiger charge is 2.42. The van der Waals surface area contributed by atoms with Gasteiger partial charge in [-0.1, -0.05) is 35.5 Å². The normalized spacial score (nSPS) is 16.6. The second-order valence-corrected chi connectivity index (χ2v) is 6.21. The zero-order chi connectivity index (χ0) is 16.3. The van der Waals surface area contributed by atoms with Crippen LogP contribution < -0.4 is 10.6 Å². The maximum Gasteiger partial charge on any atom is 0.315 e. The maximum atomic E-state index is 12.0. The molecule has 0 bridgehead atoms. The lowest BCUT2D eigenvalue weighted by atomic mass is 9.97. The molecule has 23 heavy (non-hydrogen) atoms. The molecule has 1 atom stereocenters. The molecular formula is C17H21N3O3. The Kier molecular flexibility index (Phi) is 4.34. The average molecular weight is 315 g/mol. The van der Waals surface area contributed by atoms with Crippen LogP contribution in [0, 0.1) is 5.92 Å². The summed E-state index contributed by atoms with van der Waals surface area (Å²) in [6.07, 6.45) is 2.09. The van der Waals surface area contributed by atoms with E-state index < -0.39 is 5.54 Å². The van der Waals surface area contributed by atoms with E-state index in [4.69, 9.17) is 4.52 Å². The molecule has 1 heterocycles. The zero-order valence-electron chi connectivity index (χ0n) is 13.1. The van der Waals surface area contributed by atoms with Gasteiger partial charge in [0, 0.05) is 11.6 Å². The summed E-state index contributed by atoms with van der Waals surface area (Å²) in [4.78, 5) is 12.0. The number of aliphatic hydroxyl groups excluding tert-OH is 1. The van der Waals surface area contributed by atoms with Gasteiger partial charge in [0.15, 0.2) is 5.76 Å². The standard InChI is InChI=1S/C17H21N3O3/c1-17(11-21,13-7-8-13)19-16(22)18-10-14-9-15(23-20-14)12-5-3-2-4-6-12/h2-6,9,13,21H,7-8,10-11H2,1H3,(H2,18,19,22). The number of amides is 2. The van der Waals surface area contributed by atoms with E-state index in [0.717, 1.165) is 18.4 Å². The fourth-order valence-electron chi connectivity index (χ4n) is 2.60. The molecule has 1 aliphatic carbocycles. The minimum Gasteiger partial charge on any atom is -0.394 e. The highest BCUT2D eigenvalue weighted by Crippen LogP contribution is 2.39. The van der Waals surface area contributed by atoms with Crippen LogP contribution in [0.25, 0.3) is 11.3 Å². The van der Waals surface area contributed by atoms with Crippen molar-refractivity contribution in [3.63, 3.8) is 0 Å². The number of benzene rings is 1. The molecule has 1 aromatic heterocycles. The van der Waals surface area contributed by atoms with Crippen molar-refractivity contribution in [2.75, 3.05) is 6.61 Å². The fraction of sp³-hybridized carbons (Fsp3) is 0.412. The number of hydrogen-bond acceptors (Lipinski definition) is 4. The van der Waals surface area contributed by atoms with Crippen molar-refractivity contribution in [2.45, 2.75) is 31.8 Å². The third-order valence-corrected chi connectivity index (χ3v) is 4.25. The second-order valence-electron chi connectivity index (χ2n) is 6.21. The molecule has 1 unspecified atom stereocenters. The maximum absolute atomic E-state index is 12.0. The predicted octanol–water partition coefficient (Wildman–Crippen LogP) is 2.30. The number of carbonyl (C=O) groups excluding carboxylic acids is 1. The Morgan fingerprint density at radius 1 is 1.39 bits per heavy atom. The van der Waals surface area contributed by atoms with Gasteiger partial charge in [0.05, 0.1) is 18.7 Å². The first kappa shape index (κ1) is 15.6. The summed E-state index contributed by atoms with van der Waals surface area (Å²) in [5.74, 6) is 1.02. The van der Waals surface area contributed by atoms with Gasteiger partial charge in [0.25, 0.3) is 0 Å². The van der Waals surface area contributed by atoms with Gasteiger partial charge in [-0.3, -0.25) is 0 Å². The smallest absolute Gasteiger partial charge is 0.315 e. The SMILES string of the molecule is CC(CO)(NC(=O)NCc1cc(-c2ccccc2)on1)C1CC1. The van der Waals surface area contributed by atoms with E-state index in [-0.39, 0.29) is 19.2 Å². The number of aliphatic hydroxyl groups is 1. The summed E-state index contributed by atoms with van der Waals surface area (Å²) in [5, 5.41) is 19.1. The molecule has 0 spiro atoms. The van der Waals surface area contributed by atoms with E-state index in [9.17, 15) is 9.90 Å². The van der Waals surface area contributed by atoms with Crippen molar-refractivity contribution < 1.29 is 14.4 Å². The molecule has 1 fully saturated rings. The molecule has 2 aromatic rings. The number of rotatable bonds is 6. The molecule has 6 heteroatoms. The number of carbonyl (C=O) groups is 1. The lowest BCUT2D eigenvalue weighted by Gasteiger charge is -2.28. The van der Waals surface area contributed by atoms with Crippen molar-refractivity contribution in [3.8, 4) is 11.3 Å². The molecule has 0 saturated heterocycles. The largest absolute Gasteiger partial charge is 0.394 e. The minimum absolute atomic E-state index is 0.0623. The van der Waals surface area contributed by atoms with Gasteiger partial charge in [-0.25, -0.2) is 4.79 Å². The van der Waals surface area contributed by atoms with Gasteiger partial charge in [0.1, 0.15) is 5.69 Å². The van der Waals surface area contributed by atoms with Crippen LogP contribution in [0.1, 0.15) is 25.5 Å². The molecule has 6 nitrogen and oxygen atoms in total. The number of nitrogens with one attached hydrogen (secondary N) is 2. The Morgan fingerprint density at radius 3 is 2.78 bits per heavy atom. The van der Waals surface area contributed by atoms with Crippen LogP contribution in [-0.2, 0) is 6.54 Å². The predicted molar refractivity (Wildman–Crippen MR) is 85.5 cm³/mol. The van der Waals surface area contributed by atoms with Gasteiger partial charge in [-0.15, -0.1) is 0 Å². The Hall–Kier alpha value is -2.34. The number of urea groups is 1. The van der Waals surface area contributed by atoms with Gasteiger partial charge < -0.3 is 20.3 Å². The molecule has 3 rings (SSSR count). The van der Waals surface area contributed by atoms with E-state index >= 15 is 0 Å². The summed E-state index contributed by atoms with van der Waals surface area (Å²) < 4.78 is 5.29. The summed E-state index contributed by atoms with van der Waals surface area (Å²) >= 11 is 0. The second kappa shape index (κ2) is 6.42. The average Bonchev–Trinajstić information content (AvgIpc) is 3.33. The third kappa shape index (κ3) is 3.71. The van der Waals surface area contributed by atoms with Crippen molar-refractivity contribution in [2.24, 2.45) is 5.92 Å². The fourth-order valence-corrected chi connectivity index (χ4v) is 2.60. The van der Waals surface area contributed by atoms with Gasteiger partial charge in [-0.2, -0.15) is 0 Å². The van der Waals surface area contributed by atoms with Crippen LogP contribution in [0.4, 0.5) is 4.79 Å². The van der Waals surface area contributed by atoms with Crippen LogP contribution in [0.5, 0.6) is 0 Å². The molecule has 0 radical (unpaired) electrons. The highest BCUT2D eigenvalue weighted by molar-refractivity contribution is 5.74. The van der Waals surface area contributed by atoms with Crippen LogP contribution >= 0.6 is 0 Å². The van der Waals surface area contributed by atoms with E-state index in [1.54, 1.807) is 0 Å². The van der Waals surface area contributed by atoms with Gasteiger partial charge >= 0.3 is 6.03 Å². The first-order valence-corrected chi connectivity index (χ1v) is 7.78. The van der Waals surface area contributed by atoms with Crippen LogP contribution in [0.3, 0.4) is 0 Å². The van der Waals surface area contributed by atoms with Crippen molar-refractivity contribution >= 4 is 6.03 Å². The molecule has 1 aliphatic rings. The van der Waals surface area contributed by atoms with E-state index in [1.807, 2.05) is 43.3 Å². The minimum atomic E-state index is -0.552. The lowest BCUT2D eigenvalue weighted by molar-refractivity contribution is 0.155. The van der Waals surface area contributed by atoms with E-state index in [2.05, 4.69) is 15.8 Å².